The average molecular weight is 299 g/mol. The number of aryl methyl sites for hydroxylation is 1. The van der Waals surface area contributed by atoms with Gasteiger partial charge in [0.05, 0.1) is 13.2 Å². The van der Waals surface area contributed by atoms with E-state index in [0.717, 1.165) is 29.7 Å². The quantitative estimate of drug-likeness (QED) is 0.861. The molecule has 0 spiro atoms. The number of carbonyl (C=O) groups excluding carboxylic acids is 1. The predicted octanol–water partition coefficient (Wildman–Crippen LogP) is 3.00. The molecule has 0 saturated carbocycles. The van der Waals surface area contributed by atoms with Crippen molar-refractivity contribution in [3.63, 3.8) is 0 Å². The zero-order valence-corrected chi connectivity index (χ0v) is 12.8. The molecule has 0 fully saturated rings. The number of hydrogen-bond donors (Lipinski definition) is 2. The van der Waals surface area contributed by atoms with E-state index >= 15 is 0 Å². The highest BCUT2D eigenvalue weighted by Crippen LogP contribution is 2.34. The molecule has 1 amide bonds. The van der Waals surface area contributed by atoms with Crippen LogP contribution in [0.4, 0.5) is 5.82 Å². The molecule has 1 aromatic heterocycles. The number of hydrogen-bond acceptors (Lipinski definition) is 3. The number of nitrogens with zero attached hydrogens (tertiary/aromatic N) is 1. The first-order chi connectivity index (χ1) is 10.8. The predicted molar refractivity (Wildman–Crippen MR) is 84.7 cm³/mol. The van der Waals surface area contributed by atoms with Crippen LogP contribution in [0, 0.1) is 0 Å². The van der Waals surface area contributed by atoms with E-state index in [1.165, 1.54) is 0 Å². The number of amides is 1. The second kappa shape index (κ2) is 6.75. The molecule has 2 N–H and O–H groups in total. The molecule has 2 heterocycles. The van der Waals surface area contributed by atoms with E-state index < -0.39 is 0 Å². The molecule has 5 heteroatoms. The van der Waals surface area contributed by atoms with Crippen LogP contribution in [0.3, 0.4) is 0 Å². The van der Waals surface area contributed by atoms with Crippen molar-refractivity contribution in [2.24, 2.45) is 0 Å². The molecule has 0 unspecified atom stereocenters. The Kier molecular flexibility index (Phi) is 4.53. The van der Waals surface area contributed by atoms with Gasteiger partial charge in [-0.15, -0.1) is 0 Å². The van der Waals surface area contributed by atoms with E-state index in [2.05, 4.69) is 22.4 Å². The normalized spacial score (nSPS) is 17.1. The summed E-state index contributed by atoms with van der Waals surface area (Å²) in [7, 11) is 0. The van der Waals surface area contributed by atoms with Gasteiger partial charge >= 0.3 is 0 Å². The smallest absolute Gasteiger partial charge is 0.226 e. The Morgan fingerprint density at radius 2 is 2.14 bits per heavy atom. The Morgan fingerprint density at radius 1 is 1.32 bits per heavy atom. The molecular formula is C17H21N3O2. The number of fused-ring (bicyclic) bond motifs is 1. The largest absolute Gasteiger partial charge is 0.376 e. The van der Waals surface area contributed by atoms with Crippen LogP contribution in [-0.4, -0.2) is 22.7 Å². The van der Waals surface area contributed by atoms with Crippen LogP contribution in [0.1, 0.15) is 42.5 Å². The third-order valence-corrected chi connectivity index (χ3v) is 3.91. The number of nitrogens with one attached hydrogen (secondary N) is 2. The first-order valence-electron chi connectivity index (χ1n) is 7.76. The molecular weight excluding hydrogens is 278 g/mol. The fourth-order valence-electron chi connectivity index (χ4n) is 2.91. The van der Waals surface area contributed by atoms with Crippen LogP contribution < -0.4 is 5.32 Å². The molecule has 1 aliphatic heterocycles. The summed E-state index contributed by atoms with van der Waals surface area (Å²) in [6.45, 7) is 3.23. The van der Waals surface area contributed by atoms with Gasteiger partial charge < -0.3 is 10.1 Å². The monoisotopic (exact) mass is 299 g/mol. The summed E-state index contributed by atoms with van der Waals surface area (Å²) in [6, 6.07) is 10.1. The van der Waals surface area contributed by atoms with E-state index in [0.29, 0.717) is 25.5 Å². The molecule has 0 bridgehead atoms. The average Bonchev–Trinajstić information content (AvgIpc) is 2.91. The topological polar surface area (TPSA) is 67.0 Å². The molecule has 22 heavy (non-hydrogen) atoms. The fourth-order valence-corrected chi connectivity index (χ4v) is 2.91. The van der Waals surface area contributed by atoms with Gasteiger partial charge in [-0.25, -0.2) is 0 Å². The second-order valence-electron chi connectivity index (χ2n) is 5.66. The van der Waals surface area contributed by atoms with Gasteiger partial charge in [0.25, 0.3) is 0 Å². The lowest BCUT2D eigenvalue weighted by molar-refractivity contribution is -0.117. The minimum atomic E-state index is 0.00959. The van der Waals surface area contributed by atoms with Gasteiger partial charge in [-0.2, -0.15) is 5.10 Å². The van der Waals surface area contributed by atoms with E-state index in [9.17, 15) is 4.79 Å². The highest BCUT2D eigenvalue weighted by Gasteiger charge is 2.30. The van der Waals surface area contributed by atoms with E-state index in [4.69, 9.17) is 4.74 Å². The van der Waals surface area contributed by atoms with Gasteiger partial charge in [0, 0.05) is 23.6 Å². The van der Waals surface area contributed by atoms with Crippen molar-refractivity contribution in [2.75, 3.05) is 11.9 Å². The summed E-state index contributed by atoms with van der Waals surface area (Å²) in [5.41, 5.74) is 3.38. The number of aromatic amines is 1. The highest BCUT2D eigenvalue weighted by atomic mass is 16.5. The van der Waals surface area contributed by atoms with E-state index in [1.807, 2.05) is 30.3 Å². The Labute approximate surface area is 130 Å². The van der Waals surface area contributed by atoms with Crippen LogP contribution in [0.5, 0.6) is 0 Å². The van der Waals surface area contributed by atoms with Crippen molar-refractivity contribution in [2.45, 2.75) is 38.7 Å². The van der Waals surface area contributed by atoms with Gasteiger partial charge in [-0.3, -0.25) is 9.89 Å². The number of carbonyl (C=O) groups is 1. The SMILES string of the molecule is CCCc1[nH]nc2c1[C@@H](COCc1ccccc1)CC(=O)N2. The Hall–Kier alpha value is -2.14. The number of rotatable bonds is 6. The molecule has 116 valence electrons. The maximum absolute atomic E-state index is 11.8. The van der Waals surface area contributed by atoms with Gasteiger partial charge in [-0.05, 0) is 12.0 Å². The van der Waals surface area contributed by atoms with Crippen LogP contribution in [0.25, 0.3) is 0 Å². The number of anilines is 1. The number of ether oxygens (including phenoxy) is 1. The molecule has 1 aliphatic rings. The van der Waals surface area contributed by atoms with Gasteiger partial charge in [0.15, 0.2) is 5.82 Å². The Balaban J connectivity index is 1.68. The summed E-state index contributed by atoms with van der Waals surface area (Å²) in [5, 5.41) is 10.1. The van der Waals surface area contributed by atoms with Crippen molar-refractivity contribution < 1.29 is 9.53 Å². The summed E-state index contributed by atoms with van der Waals surface area (Å²) < 4.78 is 5.85. The molecule has 1 atom stereocenters. The maximum atomic E-state index is 11.8. The van der Waals surface area contributed by atoms with Crippen molar-refractivity contribution in [1.82, 2.24) is 10.2 Å². The lowest BCUT2D eigenvalue weighted by Crippen LogP contribution is -2.25. The Morgan fingerprint density at radius 3 is 2.91 bits per heavy atom. The van der Waals surface area contributed by atoms with Crippen molar-refractivity contribution in [1.29, 1.82) is 0 Å². The number of H-pyrrole nitrogens is 1. The molecule has 0 saturated heterocycles. The van der Waals surface area contributed by atoms with Crippen LogP contribution >= 0.6 is 0 Å². The third-order valence-electron chi connectivity index (χ3n) is 3.91. The first-order valence-corrected chi connectivity index (χ1v) is 7.76. The zero-order chi connectivity index (χ0) is 15.4. The highest BCUT2D eigenvalue weighted by molar-refractivity contribution is 5.93. The number of aromatic nitrogens is 2. The first kappa shape index (κ1) is 14.8. The molecule has 1 aromatic carbocycles. The molecule has 2 aromatic rings. The summed E-state index contributed by atoms with van der Waals surface area (Å²) in [6.07, 6.45) is 2.44. The van der Waals surface area contributed by atoms with Gasteiger partial charge in [-0.1, -0.05) is 43.7 Å². The molecule has 3 rings (SSSR count). The Bertz CT molecular complexity index is 637. The van der Waals surface area contributed by atoms with Crippen LogP contribution in [0.2, 0.25) is 0 Å². The van der Waals surface area contributed by atoms with Gasteiger partial charge in [0.1, 0.15) is 0 Å². The fraction of sp³-hybridized carbons (Fsp3) is 0.412. The molecule has 5 nitrogen and oxygen atoms in total. The lowest BCUT2D eigenvalue weighted by atomic mass is 9.91. The van der Waals surface area contributed by atoms with Gasteiger partial charge in [0.2, 0.25) is 5.91 Å². The van der Waals surface area contributed by atoms with Crippen LogP contribution in [-0.2, 0) is 22.6 Å². The second-order valence-corrected chi connectivity index (χ2v) is 5.66. The molecule has 0 aliphatic carbocycles. The minimum Gasteiger partial charge on any atom is -0.376 e. The van der Waals surface area contributed by atoms with E-state index in [1.54, 1.807) is 0 Å². The minimum absolute atomic E-state index is 0.00959. The summed E-state index contributed by atoms with van der Waals surface area (Å²) in [4.78, 5) is 11.8. The van der Waals surface area contributed by atoms with Crippen molar-refractivity contribution in [3.8, 4) is 0 Å². The van der Waals surface area contributed by atoms with Crippen LogP contribution in [0.15, 0.2) is 30.3 Å². The third kappa shape index (κ3) is 3.20. The molecule has 0 radical (unpaired) electrons. The lowest BCUT2D eigenvalue weighted by Gasteiger charge is -2.23. The van der Waals surface area contributed by atoms with Crippen molar-refractivity contribution >= 4 is 11.7 Å². The summed E-state index contributed by atoms with van der Waals surface area (Å²) in [5.74, 6) is 0.760. The van der Waals surface area contributed by atoms with E-state index in [-0.39, 0.29) is 11.8 Å². The standard InChI is InChI=1S/C17H21N3O2/c1-2-6-14-16-13(9-15(21)18-17(16)20-19-14)11-22-10-12-7-4-3-5-8-12/h3-5,7-8,13H,2,6,9-11H2,1H3,(H2,18,19,20,21)/t13-/m1/s1. The summed E-state index contributed by atoms with van der Waals surface area (Å²) >= 11 is 0. The maximum Gasteiger partial charge on any atom is 0.226 e. The van der Waals surface area contributed by atoms with Crippen molar-refractivity contribution in [3.05, 3.63) is 47.2 Å². The zero-order valence-electron chi connectivity index (χ0n) is 12.8. The number of benzene rings is 1.